The lowest BCUT2D eigenvalue weighted by molar-refractivity contribution is -0.135. The number of piperidine rings is 2. The second-order valence-corrected chi connectivity index (χ2v) is 13.9. The molecule has 3 aliphatic heterocycles. The molecule has 3 fully saturated rings. The van der Waals surface area contributed by atoms with E-state index in [2.05, 4.69) is 42.2 Å². The number of nitrogens with one attached hydrogen (secondary N) is 4. The van der Waals surface area contributed by atoms with E-state index in [0.29, 0.717) is 66.9 Å². The SMILES string of the molecule is CN1CCC(N2CCN(C(=O)C(Cc3cc(Cl)c4[nH]c(=O)[nH]c4c3)NC(=O)N3CCC(n4nc(-c5ccccc5)[nH]c4=O)CC3)CC2)CC1. The Morgan fingerprint density at radius 2 is 1.57 bits per heavy atom. The van der Waals surface area contributed by atoms with E-state index >= 15 is 0 Å². The third kappa shape index (κ3) is 7.31. The van der Waals surface area contributed by atoms with E-state index in [1.807, 2.05) is 35.2 Å². The molecule has 4 aromatic rings. The number of imidazole rings is 1. The molecule has 0 saturated carbocycles. The zero-order chi connectivity index (χ0) is 34.1. The third-order valence-corrected chi connectivity index (χ3v) is 10.6. The van der Waals surface area contributed by atoms with Crippen LogP contribution in [0.5, 0.6) is 0 Å². The van der Waals surface area contributed by atoms with Gasteiger partial charge in [-0.25, -0.2) is 19.1 Å². The van der Waals surface area contributed by atoms with Gasteiger partial charge in [0.1, 0.15) is 6.04 Å². The Morgan fingerprint density at radius 1 is 0.878 bits per heavy atom. The zero-order valence-corrected chi connectivity index (χ0v) is 28.4. The van der Waals surface area contributed by atoms with Crippen LogP contribution < -0.4 is 16.7 Å². The van der Waals surface area contributed by atoms with Crippen molar-refractivity contribution in [2.75, 3.05) is 59.4 Å². The quantitative estimate of drug-likeness (QED) is 0.232. The highest BCUT2D eigenvalue weighted by Crippen LogP contribution is 2.25. The van der Waals surface area contributed by atoms with Crippen LogP contribution in [0.4, 0.5) is 4.79 Å². The average molecular weight is 691 g/mol. The van der Waals surface area contributed by atoms with E-state index in [1.54, 1.807) is 17.0 Å². The molecule has 2 aromatic carbocycles. The van der Waals surface area contributed by atoms with Crippen LogP contribution in [0.15, 0.2) is 52.1 Å². The summed E-state index contributed by atoms with van der Waals surface area (Å²) in [5.74, 6) is 0.378. The molecule has 15 heteroatoms. The monoisotopic (exact) mass is 690 g/mol. The zero-order valence-electron chi connectivity index (χ0n) is 27.7. The molecule has 1 atom stereocenters. The number of amides is 3. The number of carbonyl (C=O) groups excluding carboxylic acids is 2. The maximum atomic E-state index is 14.1. The summed E-state index contributed by atoms with van der Waals surface area (Å²) in [5, 5.41) is 7.95. The van der Waals surface area contributed by atoms with Gasteiger partial charge in [0.2, 0.25) is 5.91 Å². The summed E-state index contributed by atoms with van der Waals surface area (Å²) < 4.78 is 1.49. The molecule has 3 amide bonds. The first kappa shape index (κ1) is 33.1. The van der Waals surface area contributed by atoms with E-state index in [4.69, 9.17) is 11.6 Å². The van der Waals surface area contributed by atoms with Crippen LogP contribution in [-0.4, -0.2) is 128 Å². The number of urea groups is 1. The summed E-state index contributed by atoms with van der Waals surface area (Å²) in [7, 11) is 2.16. The molecule has 2 aromatic heterocycles. The Kier molecular flexibility index (Phi) is 9.61. The number of aromatic amines is 3. The first-order valence-electron chi connectivity index (χ1n) is 17.1. The molecule has 0 bridgehead atoms. The summed E-state index contributed by atoms with van der Waals surface area (Å²) >= 11 is 6.50. The van der Waals surface area contributed by atoms with E-state index in [0.717, 1.165) is 50.1 Å². The number of fused-ring (bicyclic) bond motifs is 1. The molecule has 14 nitrogen and oxygen atoms in total. The summed E-state index contributed by atoms with van der Waals surface area (Å²) in [4.78, 5) is 69.2. The smallest absolute Gasteiger partial charge is 0.338 e. The minimum absolute atomic E-state index is 0.137. The van der Waals surface area contributed by atoms with Crippen molar-refractivity contribution >= 4 is 34.6 Å². The molecule has 0 radical (unpaired) electrons. The fourth-order valence-electron chi connectivity index (χ4n) is 7.46. The highest BCUT2D eigenvalue weighted by Gasteiger charge is 2.34. The van der Waals surface area contributed by atoms with Gasteiger partial charge in [-0.2, -0.15) is 0 Å². The number of nitrogens with zero attached hydrogens (tertiary/aromatic N) is 6. The van der Waals surface area contributed by atoms with Gasteiger partial charge >= 0.3 is 17.4 Å². The van der Waals surface area contributed by atoms with Gasteiger partial charge in [-0.15, -0.1) is 5.10 Å². The molecule has 5 heterocycles. The summed E-state index contributed by atoms with van der Waals surface area (Å²) in [5.41, 5.74) is 1.96. The van der Waals surface area contributed by atoms with Crippen LogP contribution in [0.25, 0.3) is 22.4 Å². The van der Waals surface area contributed by atoms with E-state index in [-0.39, 0.29) is 35.8 Å². The molecule has 3 aliphatic rings. The summed E-state index contributed by atoms with van der Waals surface area (Å²) in [6.45, 7) is 5.78. The van der Waals surface area contributed by atoms with Crippen molar-refractivity contribution in [1.82, 2.24) is 49.6 Å². The van der Waals surface area contributed by atoms with Gasteiger partial charge in [-0.1, -0.05) is 41.9 Å². The second-order valence-electron chi connectivity index (χ2n) is 13.5. The van der Waals surface area contributed by atoms with Crippen LogP contribution in [-0.2, 0) is 11.2 Å². The predicted molar refractivity (Wildman–Crippen MR) is 187 cm³/mol. The maximum absolute atomic E-state index is 14.1. The predicted octanol–water partition coefficient (Wildman–Crippen LogP) is 2.26. The van der Waals surface area contributed by atoms with Crippen molar-refractivity contribution in [3.05, 3.63) is 74.0 Å². The van der Waals surface area contributed by atoms with Crippen LogP contribution in [0.2, 0.25) is 5.02 Å². The molecule has 4 N–H and O–H groups in total. The number of likely N-dealkylation sites (tertiary alicyclic amines) is 2. The largest absolute Gasteiger partial charge is 0.343 e. The van der Waals surface area contributed by atoms with Gasteiger partial charge in [0.25, 0.3) is 0 Å². The van der Waals surface area contributed by atoms with Gasteiger partial charge in [0, 0.05) is 57.3 Å². The highest BCUT2D eigenvalue weighted by molar-refractivity contribution is 6.35. The molecule has 0 spiro atoms. The first-order valence-corrected chi connectivity index (χ1v) is 17.5. The van der Waals surface area contributed by atoms with Gasteiger partial charge in [0.05, 0.1) is 22.1 Å². The second kappa shape index (κ2) is 14.2. The molecular weight excluding hydrogens is 648 g/mol. The van der Waals surface area contributed by atoms with Crippen LogP contribution in [0.1, 0.15) is 37.3 Å². The van der Waals surface area contributed by atoms with Crippen LogP contribution >= 0.6 is 11.6 Å². The van der Waals surface area contributed by atoms with Crippen molar-refractivity contribution in [1.29, 1.82) is 0 Å². The molecule has 49 heavy (non-hydrogen) atoms. The Bertz CT molecular complexity index is 1890. The maximum Gasteiger partial charge on any atom is 0.343 e. The van der Waals surface area contributed by atoms with Crippen LogP contribution in [0, 0.1) is 0 Å². The third-order valence-electron chi connectivity index (χ3n) is 10.3. The molecule has 7 rings (SSSR count). The fourth-order valence-corrected chi connectivity index (χ4v) is 7.75. The lowest BCUT2D eigenvalue weighted by atomic mass is 10.0. The standard InChI is InChI=1S/C34H43ClN10O4/c1-41-11-7-24(8-12-41)42-15-17-43(18-16-42)31(46)28(21-22-19-26(35)29-27(20-22)36-32(47)38-29)37-33(48)44-13-9-25(10-14-44)45-34(49)39-30(40-45)23-5-3-2-4-6-23/h2-6,19-20,24-25,28H,7-18,21H2,1H3,(H,37,48)(H2,36,38,47)(H,39,40,49). The topological polar surface area (TPSA) is 158 Å². The number of H-pyrrole nitrogens is 3. The number of hydrogen-bond acceptors (Lipinski definition) is 7. The Hall–Kier alpha value is -4.40. The number of rotatable bonds is 7. The Labute approximate surface area is 288 Å². The van der Waals surface area contributed by atoms with Gasteiger partial charge in [-0.05, 0) is 63.5 Å². The first-order chi connectivity index (χ1) is 23.7. The number of hydrogen-bond donors (Lipinski definition) is 4. The lowest BCUT2D eigenvalue weighted by Gasteiger charge is -2.43. The Morgan fingerprint density at radius 3 is 2.29 bits per heavy atom. The average Bonchev–Trinajstić information content (AvgIpc) is 3.70. The molecule has 1 unspecified atom stereocenters. The molecule has 0 aliphatic carbocycles. The molecular formula is C34H43ClN10O4. The number of aromatic nitrogens is 5. The van der Waals surface area contributed by atoms with Crippen molar-refractivity contribution in [2.24, 2.45) is 0 Å². The van der Waals surface area contributed by atoms with Gasteiger partial charge in [-0.3, -0.25) is 14.7 Å². The van der Waals surface area contributed by atoms with Crippen LogP contribution in [0.3, 0.4) is 0 Å². The number of piperazine rings is 1. The minimum Gasteiger partial charge on any atom is -0.338 e. The number of halogens is 1. The molecule has 3 saturated heterocycles. The van der Waals surface area contributed by atoms with Crippen molar-refractivity contribution in [2.45, 2.75) is 50.2 Å². The number of benzene rings is 2. The summed E-state index contributed by atoms with van der Waals surface area (Å²) in [6, 6.07) is 12.2. The number of carbonyl (C=O) groups is 2. The van der Waals surface area contributed by atoms with E-state index in [1.165, 1.54) is 4.68 Å². The van der Waals surface area contributed by atoms with E-state index in [9.17, 15) is 19.2 Å². The van der Waals surface area contributed by atoms with Crippen molar-refractivity contribution in [3.8, 4) is 11.4 Å². The normalized spacial score (nSPS) is 19.4. The Balaban J connectivity index is 1.03. The lowest BCUT2D eigenvalue weighted by Crippen LogP contribution is -2.59. The van der Waals surface area contributed by atoms with Crippen molar-refractivity contribution in [3.63, 3.8) is 0 Å². The minimum atomic E-state index is -0.832. The van der Waals surface area contributed by atoms with Gasteiger partial charge < -0.3 is 30.0 Å². The molecule has 260 valence electrons. The highest BCUT2D eigenvalue weighted by atomic mass is 35.5. The van der Waals surface area contributed by atoms with E-state index < -0.39 is 6.04 Å². The van der Waals surface area contributed by atoms with Crippen molar-refractivity contribution < 1.29 is 9.59 Å². The van der Waals surface area contributed by atoms with Gasteiger partial charge in [0.15, 0.2) is 5.82 Å². The summed E-state index contributed by atoms with van der Waals surface area (Å²) in [6.07, 6.45) is 3.58. The fraction of sp³-hybridized carbons (Fsp3) is 0.500.